The van der Waals surface area contributed by atoms with Gasteiger partial charge in [0.05, 0.1) is 22.9 Å². The molecule has 1 unspecified atom stereocenters. The summed E-state index contributed by atoms with van der Waals surface area (Å²) < 4.78 is 80.0. The molecular weight excluding hydrogens is 472 g/mol. The van der Waals surface area contributed by atoms with Crippen molar-refractivity contribution in [1.82, 2.24) is 4.41 Å². The van der Waals surface area contributed by atoms with E-state index in [0.29, 0.717) is 22.5 Å². The van der Waals surface area contributed by atoms with Crippen LogP contribution in [0.5, 0.6) is 0 Å². The molecule has 1 aliphatic heterocycles. The number of nitrogens with one attached hydrogen (secondary N) is 1. The van der Waals surface area contributed by atoms with E-state index in [9.17, 15) is 25.6 Å². The molecule has 1 aliphatic rings. The van der Waals surface area contributed by atoms with Gasteiger partial charge in [0.2, 0.25) is 10.0 Å². The Morgan fingerprint density at radius 3 is 2.12 bits per heavy atom. The first kappa shape index (κ1) is 22.9. The third-order valence-corrected chi connectivity index (χ3v) is 7.29. The molecule has 1 N–H and O–H groups in total. The molecule has 0 radical (unpaired) electrons. The maximum Gasteiger partial charge on any atom is 0.279 e. The van der Waals surface area contributed by atoms with Gasteiger partial charge in [0, 0.05) is 12.1 Å². The van der Waals surface area contributed by atoms with Crippen LogP contribution in [-0.4, -0.2) is 33.2 Å². The fourth-order valence-corrected chi connectivity index (χ4v) is 5.50. The number of rotatable bonds is 6. The van der Waals surface area contributed by atoms with Crippen LogP contribution in [0.3, 0.4) is 0 Å². The average molecular weight is 492 g/mol. The molecule has 0 spiro atoms. The van der Waals surface area contributed by atoms with E-state index in [1.54, 1.807) is 24.3 Å². The second-order valence-electron chi connectivity index (χ2n) is 7.50. The Labute approximate surface area is 190 Å². The first-order chi connectivity index (χ1) is 15.5. The van der Waals surface area contributed by atoms with Gasteiger partial charge in [0.1, 0.15) is 11.6 Å². The first-order valence-corrected chi connectivity index (χ1v) is 13.1. The Kier molecular flexibility index (Phi) is 5.93. The SMILES string of the molecule is CS(=O)(=O)Nc1cccc(C2=NN(S(=O)(=O)c3ccc(F)cc3)C(c3ccc(F)cc3)C2)c1. The van der Waals surface area contributed by atoms with E-state index < -0.39 is 37.7 Å². The zero-order chi connectivity index (χ0) is 23.8. The standard InChI is InChI=1S/C22H19F2N3O4S2/c1-32(28,29)26-19-4-2-3-16(13-19)21-14-22(15-5-7-17(23)8-6-15)27(25-21)33(30,31)20-11-9-18(24)10-12-20/h2-13,22,26H,14H2,1H3. The number of benzene rings is 3. The van der Waals surface area contributed by atoms with E-state index in [-0.39, 0.29) is 11.3 Å². The zero-order valence-electron chi connectivity index (χ0n) is 17.3. The predicted octanol–water partition coefficient (Wildman–Crippen LogP) is 3.88. The van der Waals surface area contributed by atoms with Gasteiger partial charge in [-0.05, 0) is 59.7 Å². The summed E-state index contributed by atoms with van der Waals surface area (Å²) in [4.78, 5) is -0.145. The Morgan fingerprint density at radius 2 is 1.52 bits per heavy atom. The molecule has 7 nitrogen and oxygen atoms in total. The molecule has 0 saturated heterocycles. The highest BCUT2D eigenvalue weighted by Gasteiger charge is 2.37. The van der Waals surface area contributed by atoms with Crippen LogP contribution in [0.4, 0.5) is 14.5 Å². The van der Waals surface area contributed by atoms with Crippen molar-refractivity contribution in [2.24, 2.45) is 5.10 Å². The number of hydrogen-bond donors (Lipinski definition) is 1. The lowest BCUT2D eigenvalue weighted by Crippen LogP contribution is -2.27. The van der Waals surface area contributed by atoms with Crippen LogP contribution in [0, 0.1) is 11.6 Å². The highest BCUT2D eigenvalue weighted by atomic mass is 32.2. The van der Waals surface area contributed by atoms with Crippen LogP contribution < -0.4 is 4.72 Å². The molecule has 4 rings (SSSR count). The largest absolute Gasteiger partial charge is 0.284 e. The van der Waals surface area contributed by atoms with E-state index in [1.165, 1.54) is 24.3 Å². The van der Waals surface area contributed by atoms with E-state index in [2.05, 4.69) is 9.82 Å². The molecule has 3 aromatic carbocycles. The first-order valence-electron chi connectivity index (χ1n) is 9.74. The van der Waals surface area contributed by atoms with Gasteiger partial charge in [0.25, 0.3) is 10.0 Å². The van der Waals surface area contributed by atoms with Crippen molar-refractivity contribution >= 4 is 31.4 Å². The number of sulfonamides is 2. The molecule has 1 heterocycles. The molecule has 3 aromatic rings. The Morgan fingerprint density at radius 1 is 0.909 bits per heavy atom. The summed E-state index contributed by atoms with van der Waals surface area (Å²) in [6.45, 7) is 0. The van der Waals surface area contributed by atoms with Gasteiger partial charge >= 0.3 is 0 Å². The summed E-state index contributed by atoms with van der Waals surface area (Å²) in [6, 6.07) is 15.4. The maximum atomic E-state index is 13.5. The van der Waals surface area contributed by atoms with Crippen molar-refractivity contribution < 1.29 is 25.6 Å². The molecule has 33 heavy (non-hydrogen) atoms. The lowest BCUT2D eigenvalue weighted by atomic mass is 9.99. The van der Waals surface area contributed by atoms with Crippen LogP contribution in [0.25, 0.3) is 0 Å². The molecule has 0 fully saturated rings. The summed E-state index contributed by atoms with van der Waals surface area (Å²) in [5.74, 6) is -1.05. The molecule has 0 amide bonds. The van der Waals surface area contributed by atoms with Gasteiger partial charge in [-0.25, -0.2) is 17.2 Å². The highest BCUT2D eigenvalue weighted by Crippen LogP contribution is 2.37. The average Bonchev–Trinajstić information content (AvgIpc) is 3.20. The number of hydrogen-bond acceptors (Lipinski definition) is 5. The van der Waals surface area contributed by atoms with Crippen LogP contribution >= 0.6 is 0 Å². The monoisotopic (exact) mass is 491 g/mol. The molecule has 0 bridgehead atoms. The smallest absolute Gasteiger partial charge is 0.279 e. The topological polar surface area (TPSA) is 95.9 Å². The molecule has 0 saturated carbocycles. The molecule has 172 valence electrons. The second kappa shape index (κ2) is 8.56. The van der Waals surface area contributed by atoms with Gasteiger partial charge in [0.15, 0.2) is 0 Å². The summed E-state index contributed by atoms with van der Waals surface area (Å²) >= 11 is 0. The summed E-state index contributed by atoms with van der Waals surface area (Å²) in [7, 11) is -7.68. The third kappa shape index (κ3) is 5.04. The van der Waals surface area contributed by atoms with E-state index in [4.69, 9.17) is 0 Å². The fourth-order valence-electron chi connectivity index (χ4n) is 3.51. The van der Waals surface area contributed by atoms with Gasteiger partial charge in [-0.1, -0.05) is 24.3 Å². The number of halogens is 2. The Hall–Kier alpha value is -3.31. The van der Waals surface area contributed by atoms with Gasteiger partial charge in [-0.3, -0.25) is 4.72 Å². The second-order valence-corrected chi connectivity index (χ2v) is 11.0. The van der Waals surface area contributed by atoms with Gasteiger partial charge < -0.3 is 0 Å². The summed E-state index contributed by atoms with van der Waals surface area (Å²) in [5, 5.41) is 4.34. The van der Waals surface area contributed by atoms with Crippen molar-refractivity contribution in [3.8, 4) is 0 Å². The van der Waals surface area contributed by atoms with E-state index in [0.717, 1.165) is 34.9 Å². The molecule has 0 aliphatic carbocycles. The van der Waals surface area contributed by atoms with Crippen LogP contribution in [0.1, 0.15) is 23.6 Å². The Balaban J connectivity index is 1.78. The summed E-state index contributed by atoms with van der Waals surface area (Å²) in [5.41, 5.74) is 1.74. The molecular formula is C22H19F2N3O4S2. The van der Waals surface area contributed by atoms with Crippen LogP contribution in [0.2, 0.25) is 0 Å². The number of hydrazone groups is 1. The van der Waals surface area contributed by atoms with E-state index >= 15 is 0 Å². The molecule has 1 atom stereocenters. The van der Waals surface area contributed by atoms with Crippen molar-refractivity contribution in [2.75, 3.05) is 11.0 Å². The number of nitrogens with zero attached hydrogens (tertiary/aromatic N) is 2. The van der Waals surface area contributed by atoms with Gasteiger partial charge in [-0.15, -0.1) is 0 Å². The van der Waals surface area contributed by atoms with Crippen LogP contribution in [0.15, 0.2) is 82.8 Å². The van der Waals surface area contributed by atoms with Crippen molar-refractivity contribution in [3.63, 3.8) is 0 Å². The van der Waals surface area contributed by atoms with Gasteiger partial charge in [-0.2, -0.15) is 17.9 Å². The quantitative estimate of drug-likeness (QED) is 0.566. The minimum atomic E-state index is -4.17. The van der Waals surface area contributed by atoms with E-state index in [1.807, 2.05) is 0 Å². The van der Waals surface area contributed by atoms with Crippen molar-refractivity contribution in [1.29, 1.82) is 0 Å². The van der Waals surface area contributed by atoms with Crippen LogP contribution in [-0.2, 0) is 20.0 Å². The fraction of sp³-hybridized carbons (Fsp3) is 0.136. The predicted molar refractivity (Wildman–Crippen MR) is 121 cm³/mol. The minimum absolute atomic E-state index is 0.145. The third-order valence-electron chi connectivity index (χ3n) is 4.98. The molecule has 0 aromatic heterocycles. The zero-order valence-corrected chi connectivity index (χ0v) is 18.9. The maximum absolute atomic E-state index is 13.5. The summed E-state index contributed by atoms with van der Waals surface area (Å²) in [6.07, 6.45) is 1.18. The van der Waals surface area contributed by atoms with Crippen molar-refractivity contribution in [2.45, 2.75) is 17.4 Å². The normalized spacial score (nSPS) is 16.5. The van der Waals surface area contributed by atoms with Crippen molar-refractivity contribution in [3.05, 3.63) is 95.6 Å². The lowest BCUT2D eigenvalue weighted by Gasteiger charge is -2.23. The molecule has 11 heteroatoms. The lowest BCUT2D eigenvalue weighted by molar-refractivity contribution is 0.371. The number of anilines is 1. The Bertz CT molecular complexity index is 1420. The minimum Gasteiger partial charge on any atom is -0.284 e. The highest BCUT2D eigenvalue weighted by molar-refractivity contribution is 7.92.